The van der Waals surface area contributed by atoms with Crippen LogP contribution < -0.4 is 9.80 Å². The molecule has 0 aromatic heterocycles. The lowest BCUT2D eigenvalue weighted by Gasteiger charge is -2.44. The van der Waals surface area contributed by atoms with Crippen LogP contribution in [0.1, 0.15) is 11.1 Å². The molecule has 96 valence electrons. The van der Waals surface area contributed by atoms with E-state index in [1.807, 2.05) is 12.1 Å². The first kappa shape index (κ1) is 10.8. The predicted molar refractivity (Wildman–Crippen MR) is 70.0 cm³/mol. The van der Waals surface area contributed by atoms with Gasteiger partial charge in [-0.25, -0.2) is 8.78 Å². The number of halogens is 2. The number of hydrogen-bond donors (Lipinski definition) is 0. The van der Waals surface area contributed by atoms with Gasteiger partial charge in [0.25, 0.3) is 0 Å². The molecule has 2 heterocycles. The third kappa shape index (κ3) is 1.59. The van der Waals surface area contributed by atoms with Crippen LogP contribution in [0.3, 0.4) is 0 Å². The number of rotatable bonds is 0. The molecule has 0 spiro atoms. The predicted octanol–water partition coefficient (Wildman–Crippen LogP) is 3.26. The standard InChI is InChI=1S/C15H12F2N2/c16-12-3-1-10-7-18-9-19(14(10)5-12)8-11-2-4-13(17)6-15(11)18/h1-6H,7-9H2. The fourth-order valence-electron chi connectivity index (χ4n) is 2.97. The monoisotopic (exact) mass is 258 g/mol. The summed E-state index contributed by atoms with van der Waals surface area (Å²) in [6.07, 6.45) is 0. The van der Waals surface area contributed by atoms with Gasteiger partial charge in [0.1, 0.15) is 11.6 Å². The molecule has 0 atom stereocenters. The zero-order chi connectivity index (χ0) is 13.0. The summed E-state index contributed by atoms with van der Waals surface area (Å²) >= 11 is 0. The van der Waals surface area contributed by atoms with E-state index in [-0.39, 0.29) is 11.6 Å². The quantitative estimate of drug-likeness (QED) is 0.715. The molecule has 19 heavy (non-hydrogen) atoms. The molecule has 2 aromatic rings. The van der Waals surface area contributed by atoms with Crippen LogP contribution in [-0.4, -0.2) is 6.67 Å². The highest BCUT2D eigenvalue weighted by Gasteiger charge is 2.29. The third-order valence-electron chi connectivity index (χ3n) is 3.84. The summed E-state index contributed by atoms with van der Waals surface area (Å²) in [4.78, 5) is 4.25. The average molecular weight is 258 g/mol. The van der Waals surface area contributed by atoms with Gasteiger partial charge in [-0.2, -0.15) is 0 Å². The number of hydrogen-bond acceptors (Lipinski definition) is 2. The summed E-state index contributed by atoms with van der Waals surface area (Å²) in [5.41, 5.74) is 4.07. The average Bonchev–Trinajstić information content (AvgIpc) is 2.41. The maximum atomic E-state index is 13.4. The van der Waals surface area contributed by atoms with Gasteiger partial charge in [0.05, 0.1) is 6.67 Å². The van der Waals surface area contributed by atoms with Gasteiger partial charge in [0.15, 0.2) is 0 Å². The molecule has 4 rings (SSSR count). The van der Waals surface area contributed by atoms with Crippen molar-refractivity contribution in [2.75, 3.05) is 16.5 Å². The molecule has 0 N–H and O–H groups in total. The van der Waals surface area contributed by atoms with E-state index in [4.69, 9.17) is 0 Å². The zero-order valence-electron chi connectivity index (χ0n) is 10.2. The molecule has 4 heteroatoms. The van der Waals surface area contributed by atoms with E-state index >= 15 is 0 Å². The Morgan fingerprint density at radius 2 is 1.21 bits per heavy atom. The lowest BCUT2D eigenvalue weighted by Crippen LogP contribution is -2.46. The number of benzene rings is 2. The normalized spacial score (nSPS) is 16.1. The van der Waals surface area contributed by atoms with Gasteiger partial charge in [0.2, 0.25) is 0 Å². The largest absolute Gasteiger partial charge is 0.349 e. The van der Waals surface area contributed by atoms with Crippen LogP contribution in [-0.2, 0) is 13.1 Å². The smallest absolute Gasteiger partial charge is 0.125 e. The first-order valence-electron chi connectivity index (χ1n) is 6.27. The molecule has 0 saturated carbocycles. The highest BCUT2D eigenvalue weighted by Crippen LogP contribution is 2.38. The summed E-state index contributed by atoms with van der Waals surface area (Å²) in [5.74, 6) is -0.422. The van der Waals surface area contributed by atoms with Gasteiger partial charge in [-0.15, -0.1) is 0 Å². The summed E-state index contributed by atoms with van der Waals surface area (Å²) < 4.78 is 26.8. The Morgan fingerprint density at radius 1 is 0.737 bits per heavy atom. The van der Waals surface area contributed by atoms with E-state index in [1.165, 1.54) is 12.1 Å². The Balaban J connectivity index is 1.84. The second-order valence-electron chi connectivity index (χ2n) is 5.08. The molecule has 2 nitrogen and oxygen atoms in total. The highest BCUT2D eigenvalue weighted by atomic mass is 19.1. The SMILES string of the molecule is Fc1ccc2c(c1)N1Cc3ccc(F)cc3N(C2)C1. The molecular weight excluding hydrogens is 246 g/mol. The fraction of sp³-hybridized carbons (Fsp3) is 0.200. The number of anilines is 2. The molecule has 2 aliphatic heterocycles. The van der Waals surface area contributed by atoms with Crippen molar-refractivity contribution in [2.24, 2.45) is 0 Å². The minimum absolute atomic E-state index is 0.211. The molecule has 0 fully saturated rings. The first-order valence-corrected chi connectivity index (χ1v) is 6.27. The van der Waals surface area contributed by atoms with E-state index in [9.17, 15) is 8.78 Å². The summed E-state index contributed by atoms with van der Waals surface area (Å²) in [6, 6.07) is 9.76. The van der Waals surface area contributed by atoms with Crippen LogP contribution in [0.25, 0.3) is 0 Å². The van der Waals surface area contributed by atoms with E-state index in [0.717, 1.165) is 22.5 Å². The van der Waals surface area contributed by atoms with Crippen LogP contribution in [0.4, 0.5) is 20.2 Å². The Kier molecular flexibility index (Phi) is 2.10. The van der Waals surface area contributed by atoms with Gasteiger partial charge >= 0.3 is 0 Å². The zero-order valence-corrected chi connectivity index (χ0v) is 10.2. The van der Waals surface area contributed by atoms with Crippen LogP contribution >= 0.6 is 0 Å². The van der Waals surface area contributed by atoms with Crippen molar-refractivity contribution >= 4 is 11.4 Å². The van der Waals surface area contributed by atoms with Crippen LogP contribution in [0.5, 0.6) is 0 Å². The summed E-state index contributed by atoms with van der Waals surface area (Å²) in [5, 5.41) is 0. The van der Waals surface area contributed by atoms with Crippen molar-refractivity contribution in [1.82, 2.24) is 0 Å². The third-order valence-corrected chi connectivity index (χ3v) is 3.84. The van der Waals surface area contributed by atoms with E-state index in [2.05, 4.69) is 9.80 Å². The van der Waals surface area contributed by atoms with Crippen molar-refractivity contribution in [3.05, 3.63) is 59.2 Å². The molecule has 2 aliphatic rings. The summed E-state index contributed by atoms with van der Waals surface area (Å²) in [7, 11) is 0. The van der Waals surface area contributed by atoms with Crippen molar-refractivity contribution in [3.8, 4) is 0 Å². The van der Waals surface area contributed by atoms with Crippen molar-refractivity contribution < 1.29 is 8.78 Å². The Morgan fingerprint density at radius 3 is 1.68 bits per heavy atom. The summed E-state index contributed by atoms with van der Waals surface area (Å²) in [6.45, 7) is 2.08. The van der Waals surface area contributed by atoms with Crippen molar-refractivity contribution in [3.63, 3.8) is 0 Å². The Hall–Kier alpha value is -2.10. The van der Waals surface area contributed by atoms with E-state index < -0.39 is 0 Å². The van der Waals surface area contributed by atoms with Crippen molar-refractivity contribution in [2.45, 2.75) is 13.1 Å². The molecule has 0 aliphatic carbocycles. The van der Waals surface area contributed by atoms with Crippen LogP contribution in [0.15, 0.2) is 36.4 Å². The van der Waals surface area contributed by atoms with Gasteiger partial charge in [-0.05, 0) is 35.4 Å². The van der Waals surface area contributed by atoms with Crippen LogP contribution in [0.2, 0.25) is 0 Å². The topological polar surface area (TPSA) is 6.48 Å². The van der Waals surface area contributed by atoms with Gasteiger partial charge in [-0.1, -0.05) is 12.1 Å². The molecule has 0 amide bonds. The Bertz CT molecular complexity index is 612. The lowest BCUT2D eigenvalue weighted by atomic mass is 10.0. The molecule has 0 unspecified atom stereocenters. The van der Waals surface area contributed by atoms with Crippen molar-refractivity contribution in [1.29, 1.82) is 0 Å². The maximum absolute atomic E-state index is 13.4. The first-order chi connectivity index (χ1) is 9.20. The second kappa shape index (κ2) is 3.70. The highest BCUT2D eigenvalue weighted by molar-refractivity contribution is 5.67. The fourth-order valence-corrected chi connectivity index (χ4v) is 2.97. The lowest BCUT2D eigenvalue weighted by molar-refractivity contribution is 0.603. The molecule has 0 radical (unpaired) electrons. The second-order valence-corrected chi connectivity index (χ2v) is 5.08. The molecule has 2 bridgehead atoms. The molecule has 0 saturated heterocycles. The maximum Gasteiger partial charge on any atom is 0.125 e. The molecule has 2 aromatic carbocycles. The van der Waals surface area contributed by atoms with Gasteiger partial charge < -0.3 is 9.80 Å². The van der Waals surface area contributed by atoms with Gasteiger partial charge in [0, 0.05) is 24.5 Å². The molecular formula is C15H12F2N2. The Labute approximate surface area is 109 Å². The minimum atomic E-state index is -0.211. The van der Waals surface area contributed by atoms with Gasteiger partial charge in [-0.3, -0.25) is 0 Å². The van der Waals surface area contributed by atoms with Crippen LogP contribution in [0, 0.1) is 11.6 Å². The number of fused-ring (bicyclic) bond motifs is 6. The minimum Gasteiger partial charge on any atom is -0.349 e. The van der Waals surface area contributed by atoms with E-state index in [0.29, 0.717) is 19.8 Å². The number of nitrogens with zero attached hydrogens (tertiary/aromatic N) is 2. The van der Waals surface area contributed by atoms with E-state index in [1.54, 1.807) is 12.1 Å².